The minimum Gasteiger partial charge on any atom is -0.337 e. The summed E-state index contributed by atoms with van der Waals surface area (Å²) in [6, 6.07) is 8.87. The summed E-state index contributed by atoms with van der Waals surface area (Å²) in [5.74, 6) is 1.12. The lowest BCUT2D eigenvalue weighted by Gasteiger charge is -2.27. The van der Waals surface area contributed by atoms with Gasteiger partial charge in [0.2, 0.25) is 5.91 Å². The van der Waals surface area contributed by atoms with E-state index in [1.54, 1.807) is 28.9 Å². The van der Waals surface area contributed by atoms with Crippen LogP contribution in [0.3, 0.4) is 0 Å². The number of rotatable bonds is 3. The highest BCUT2D eigenvalue weighted by Crippen LogP contribution is 2.26. The molecule has 0 radical (unpaired) electrons. The van der Waals surface area contributed by atoms with Crippen molar-refractivity contribution in [3.05, 3.63) is 59.7 Å². The van der Waals surface area contributed by atoms with Crippen molar-refractivity contribution < 1.29 is 9.59 Å². The Bertz CT molecular complexity index is 814. The van der Waals surface area contributed by atoms with E-state index in [1.807, 2.05) is 25.1 Å². The zero-order valence-corrected chi connectivity index (χ0v) is 15.1. The van der Waals surface area contributed by atoms with Gasteiger partial charge < -0.3 is 9.80 Å². The minimum absolute atomic E-state index is 0.0797. The zero-order chi connectivity index (χ0) is 18.7. The topological polar surface area (TPSA) is 82.2 Å². The quantitative estimate of drug-likeness (QED) is 0.857. The van der Waals surface area contributed by atoms with E-state index in [9.17, 15) is 9.59 Å². The largest absolute Gasteiger partial charge is 0.337 e. The zero-order valence-electron chi connectivity index (χ0n) is 15.1. The van der Waals surface area contributed by atoms with Gasteiger partial charge in [0.1, 0.15) is 5.82 Å². The molecule has 7 heteroatoms. The highest BCUT2D eigenvalue weighted by atomic mass is 16.2. The first-order valence-electron chi connectivity index (χ1n) is 8.67. The molecule has 1 saturated heterocycles. The maximum Gasteiger partial charge on any atom is 0.254 e. The van der Waals surface area contributed by atoms with Crippen LogP contribution >= 0.6 is 0 Å². The number of nitrogens with one attached hydrogen (secondary N) is 1. The maximum absolute atomic E-state index is 13.1. The van der Waals surface area contributed by atoms with Gasteiger partial charge in [-0.25, -0.2) is 4.98 Å². The fourth-order valence-electron chi connectivity index (χ4n) is 3.17. The van der Waals surface area contributed by atoms with E-state index >= 15 is 0 Å². The van der Waals surface area contributed by atoms with Crippen LogP contribution in [0.2, 0.25) is 0 Å². The summed E-state index contributed by atoms with van der Waals surface area (Å²) >= 11 is 0. The molecule has 0 aliphatic carbocycles. The molecule has 0 spiro atoms. The Morgan fingerprint density at radius 1 is 1.19 bits per heavy atom. The van der Waals surface area contributed by atoms with Crippen LogP contribution < -0.4 is 0 Å². The Hall–Kier alpha value is -2.96. The van der Waals surface area contributed by atoms with Crippen LogP contribution in [0.5, 0.6) is 0 Å². The van der Waals surface area contributed by atoms with E-state index in [0.717, 1.165) is 0 Å². The molecule has 7 nitrogen and oxygen atoms in total. The van der Waals surface area contributed by atoms with Crippen LogP contribution in [-0.4, -0.2) is 56.4 Å². The smallest absolute Gasteiger partial charge is 0.254 e. The standard InChI is InChI=1S/C19H23N5O2/c1-13(2)18(25)23-10-9-16(17-20-14(3)21-22-17)24(12-11-23)19(26)15-7-5-4-6-8-15/h4-8,16H,1,9-12H2,2-3H3,(H,20,21,22). The fraction of sp³-hybridized carbons (Fsp3) is 0.368. The average Bonchev–Trinajstić information content (AvgIpc) is 2.95. The van der Waals surface area contributed by atoms with Crippen LogP contribution in [0.25, 0.3) is 0 Å². The summed E-state index contributed by atoms with van der Waals surface area (Å²) in [6.45, 7) is 8.69. The molecule has 26 heavy (non-hydrogen) atoms. The van der Waals surface area contributed by atoms with Crippen LogP contribution in [-0.2, 0) is 4.79 Å². The van der Waals surface area contributed by atoms with Crippen LogP contribution in [0.4, 0.5) is 0 Å². The Kier molecular flexibility index (Phi) is 5.16. The number of aromatic amines is 1. The van der Waals surface area contributed by atoms with Crippen LogP contribution in [0.1, 0.15) is 41.4 Å². The number of aromatic nitrogens is 3. The number of hydrogen-bond donors (Lipinski definition) is 1. The van der Waals surface area contributed by atoms with E-state index in [2.05, 4.69) is 21.8 Å². The van der Waals surface area contributed by atoms with Gasteiger partial charge in [-0.05, 0) is 32.4 Å². The van der Waals surface area contributed by atoms with E-state index in [0.29, 0.717) is 48.8 Å². The number of carbonyl (C=O) groups is 2. The van der Waals surface area contributed by atoms with Crippen molar-refractivity contribution in [1.29, 1.82) is 0 Å². The average molecular weight is 353 g/mol. The first kappa shape index (κ1) is 17.8. The number of aryl methyl sites for hydroxylation is 1. The molecule has 1 atom stereocenters. The van der Waals surface area contributed by atoms with Gasteiger partial charge in [0.05, 0.1) is 6.04 Å². The van der Waals surface area contributed by atoms with E-state index in [-0.39, 0.29) is 17.9 Å². The second-order valence-corrected chi connectivity index (χ2v) is 6.52. The molecule has 1 fully saturated rings. The molecule has 1 aliphatic rings. The van der Waals surface area contributed by atoms with Crippen molar-refractivity contribution in [2.45, 2.75) is 26.3 Å². The first-order chi connectivity index (χ1) is 12.5. The van der Waals surface area contributed by atoms with Gasteiger partial charge in [-0.1, -0.05) is 24.8 Å². The Balaban J connectivity index is 1.91. The van der Waals surface area contributed by atoms with Crippen molar-refractivity contribution in [3.8, 4) is 0 Å². The molecule has 136 valence electrons. The Labute approximate surface area is 152 Å². The van der Waals surface area contributed by atoms with Gasteiger partial charge in [0.25, 0.3) is 5.91 Å². The van der Waals surface area contributed by atoms with Gasteiger partial charge in [-0.15, -0.1) is 0 Å². The number of amides is 2. The second-order valence-electron chi connectivity index (χ2n) is 6.52. The summed E-state index contributed by atoms with van der Waals surface area (Å²) in [5.41, 5.74) is 1.11. The van der Waals surface area contributed by atoms with Gasteiger partial charge >= 0.3 is 0 Å². The Morgan fingerprint density at radius 2 is 1.92 bits per heavy atom. The third kappa shape index (κ3) is 3.66. The normalized spacial score (nSPS) is 17.7. The van der Waals surface area contributed by atoms with Crippen molar-refractivity contribution in [2.75, 3.05) is 19.6 Å². The monoisotopic (exact) mass is 353 g/mol. The van der Waals surface area contributed by atoms with Gasteiger partial charge in [0.15, 0.2) is 5.82 Å². The number of H-pyrrole nitrogens is 1. The predicted molar refractivity (Wildman–Crippen MR) is 97.4 cm³/mol. The lowest BCUT2D eigenvalue weighted by molar-refractivity contribution is -0.126. The molecule has 2 aromatic rings. The van der Waals surface area contributed by atoms with Crippen LogP contribution in [0, 0.1) is 6.92 Å². The van der Waals surface area contributed by atoms with Crippen molar-refractivity contribution >= 4 is 11.8 Å². The lowest BCUT2D eigenvalue weighted by atomic mass is 10.1. The third-order valence-corrected chi connectivity index (χ3v) is 4.51. The molecule has 1 unspecified atom stereocenters. The number of carbonyl (C=O) groups excluding carboxylic acids is 2. The molecular weight excluding hydrogens is 330 g/mol. The minimum atomic E-state index is -0.282. The predicted octanol–water partition coefficient (Wildman–Crippen LogP) is 2.11. The van der Waals surface area contributed by atoms with E-state index < -0.39 is 0 Å². The van der Waals surface area contributed by atoms with Gasteiger partial charge in [-0.2, -0.15) is 5.10 Å². The van der Waals surface area contributed by atoms with Crippen LogP contribution in [0.15, 0.2) is 42.5 Å². The lowest BCUT2D eigenvalue weighted by Crippen LogP contribution is -2.38. The summed E-state index contributed by atoms with van der Waals surface area (Å²) < 4.78 is 0. The number of nitrogens with zero attached hydrogens (tertiary/aromatic N) is 4. The molecular formula is C19H23N5O2. The molecule has 2 heterocycles. The molecule has 0 saturated carbocycles. The summed E-state index contributed by atoms with van der Waals surface area (Å²) in [6.07, 6.45) is 0.578. The molecule has 1 aromatic carbocycles. The van der Waals surface area contributed by atoms with E-state index in [1.165, 1.54) is 0 Å². The molecule has 3 rings (SSSR count). The molecule has 2 amide bonds. The second kappa shape index (κ2) is 7.51. The summed E-state index contributed by atoms with van der Waals surface area (Å²) in [4.78, 5) is 33.4. The Morgan fingerprint density at radius 3 is 2.54 bits per heavy atom. The molecule has 1 aromatic heterocycles. The number of hydrogen-bond acceptors (Lipinski definition) is 4. The van der Waals surface area contributed by atoms with Gasteiger partial charge in [-0.3, -0.25) is 14.7 Å². The molecule has 1 N–H and O–H groups in total. The first-order valence-corrected chi connectivity index (χ1v) is 8.67. The highest BCUT2D eigenvalue weighted by Gasteiger charge is 2.33. The van der Waals surface area contributed by atoms with Crippen molar-refractivity contribution in [1.82, 2.24) is 25.0 Å². The fourth-order valence-corrected chi connectivity index (χ4v) is 3.17. The highest BCUT2D eigenvalue weighted by molar-refractivity contribution is 5.95. The third-order valence-electron chi connectivity index (χ3n) is 4.51. The van der Waals surface area contributed by atoms with Crippen molar-refractivity contribution in [3.63, 3.8) is 0 Å². The van der Waals surface area contributed by atoms with Crippen molar-refractivity contribution in [2.24, 2.45) is 0 Å². The van der Waals surface area contributed by atoms with Gasteiger partial charge in [0, 0.05) is 30.8 Å². The molecule has 1 aliphatic heterocycles. The number of benzene rings is 1. The SMILES string of the molecule is C=C(C)C(=O)N1CCC(c2n[nH]c(C)n2)N(C(=O)c2ccccc2)CC1. The summed E-state index contributed by atoms with van der Waals surface area (Å²) in [5, 5.41) is 7.11. The summed E-state index contributed by atoms with van der Waals surface area (Å²) in [7, 11) is 0. The van der Waals surface area contributed by atoms with E-state index in [4.69, 9.17) is 0 Å². The molecule has 0 bridgehead atoms. The maximum atomic E-state index is 13.1.